The Labute approximate surface area is 268 Å². The molecular formula is C29H47N9O8. The van der Waals surface area contributed by atoms with Crippen molar-refractivity contribution in [1.29, 1.82) is 0 Å². The minimum absolute atomic E-state index is 0.0241. The Morgan fingerprint density at radius 2 is 1.50 bits per heavy atom. The molecule has 1 rings (SSSR count). The molecule has 0 aliphatic carbocycles. The lowest BCUT2D eigenvalue weighted by Gasteiger charge is -2.25. The summed E-state index contributed by atoms with van der Waals surface area (Å²) in [6, 6.07) is 3.73. The van der Waals surface area contributed by atoms with Crippen LogP contribution >= 0.6 is 0 Å². The number of rotatable bonds is 18. The molecule has 0 aliphatic heterocycles. The maximum atomic E-state index is 13.2. The summed E-state index contributed by atoms with van der Waals surface area (Å²) in [6.45, 7) is 4.98. The van der Waals surface area contributed by atoms with E-state index >= 15 is 0 Å². The molecule has 1 aromatic rings. The molecule has 0 unspecified atom stereocenters. The standard InChI is InChI=1S/C29H47N9O8/c1-18(2)25(36-24(41)16-33-23(40)15-30)27(43)35-22(7-6-12-32-28(31)44)26(42)34-21-10-8-20(9-11-21)17-46-29(45)38(5)14-13-37(4)19(3)39/h8-11,18,22,25H,6-7,12-17,30H2,1-5H3,(H,33,40)(H,34,42)(H,35,43)(H,36,41)(H3,31,32,44)/t22-,25-/m0/s1. The van der Waals surface area contributed by atoms with Gasteiger partial charge in [0.25, 0.3) is 0 Å². The zero-order valence-corrected chi connectivity index (χ0v) is 27.0. The van der Waals surface area contributed by atoms with Gasteiger partial charge in [0.2, 0.25) is 29.5 Å². The Balaban J connectivity index is 2.85. The summed E-state index contributed by atoms with van der Waals surface area (Å²) in [5, 5.41) is 12.7. The largest absolute Gasteiger partial charge is 0.445 e. The molecule has 46 heavy (non-hydrogen) atoms. The fourth-order valence-corrected chi connectivity index (χ4v) is 3.78. The zero-order chi connectivity index (χ0) is 34.8. The van der Waals surface area contributed by atoms with Crippen LogP contribution in [0.25, 0.3) is 0 Å². The Bertz CT molecular complexity index is 1210. The average Bonchev–Trinajstić information content (AvgIpc) is 3.01. The average molecular weight is 650 g/mol. The zero-order valence-electron chi connectivity index (χ0n) is 27.0. The van der Waals surface area contributed by atoms with Crippen molar-refractivity contribution >= 4 is 47.3 Å². The van der Waals surface area contributed by atoms with Crippen LogP contribution in [0, 0.1) is 5.92 Å². The van der Waals surface area contributed by atoms with E-state index in [1.165, 1.54) is 16.7 Å². The molecule has 17 nitrogen and oxygen atoms in total. The molecule has 17 heteroatoms. The van der Waals surface area contributed by atoms with Gasteiger partial charge in [-0.05, 0) is 36.5 Å². The molecule has 0 saturated carbocycles. The number of carbonyl (C=O) groups is 7. The fourth-order valence-electron chi connectivity index (χ4n) is 3.78. The third-order valence-electron chi connectivity index (χ3n) is 6.70. The van der Waals surface area contributed by atoms with E-state index in [-0.39, 0.29) is 44.5 Å². The highest BCUT2D eigenvalue weighted by molar-refractivity contribution is 5.98. The maximum absolute atomic E-state index is 13.2. The second kappa shape index (κ2) is 20.2. The summed E-state index contributed by atoms with van der Waals surface area (Å²) < 4.78 is 5.31. The summed E-state index contributed by atoms with van der Waals surface area (Å²) in [5.74, 6) is -2.79. The highest BCUT2D eigenvalue weighted by Crippen LogP contribution is 2.13. The first kappa shape index (κ1) is 39.1. The molecule has 0 saturated heterocycles. The van der Waals surface area contributed by atoms with Crippen LogP contribution in [0.15, 0.2) is 24.3 Å². The normalized spacial score (nSPS) is 11.8. The monoisotopic (exact) mass is 649 g/mol. The number of amides is 8. The Morgan fingerprint density at radius 3 is 2.07 bits per heavy atom. The van der Waals surface area contributed by atoms with Crippen LogP contribution in [0.2, 0.25) is 0 Å². The van der Waals surface area contributed by atoms with Gasteiger partial charge in [0.1, 0.15) is 18.7 Å². The van der Waals surface area contributed by atoms with Gasteiger partial charge in [-0.15, -0.1) is 0 Å². The molecule has 0 spiro atoms. The summed E-state index contributed by atoms with van der Waals surface area (Å²) in [7, 11) is 3.20. The molecule has 0 bridgehead atoms. The quantitative estimate of drug-likeness (QED) is 0.0945. The molecule has 0 aromatic heterocycles. The number of carbonyl (C=O) groups excluding carboxylic acids is 7. The van der Waals surface area contributed by atoms with E-state index in [0.29, 0.717) is 30.8 Å². The lowest BCUT2D eigenvalue weighted by molar-refractivity contribution is -0.132. The van der Waals surface area contributed by atoms with Gasteiger partial charge in [-0.2, -0.15) is 0 Å². The van der Waals surface area contributed by atoms with Gasteiger partial charge in [0.05, 0.1) is 13.1 Å². The second-order valence-electron chi connectivity index (χ2n) is 10.9. The number of ether oxygens (including phenoxy) is 1. The number of hydrogen-bond donors (Lipinski definition) is 7. The fraction of sp³-hybridized carbons (Fsp3) is 0.552. The van der Waals surface area contributed by atoms with Crippen LogP contribution in [0.3, 0.4) is 0 Å². The minimum Gasteiger partial charge on any atom is -0.445 e. The molecular weight excluding hydrogens is 602 g/mol. The van der Waals surface area contributed by atoms with Crippen molar-refractivity contribution in [3.8, 4) is 0 Å². The smallest absolute Gasteiger partial charge is 0.409 e. The second-order valence-corrected chi connectivity index (χ2v) is 10.9. The van der Waals surface area contributed by atoms with Gasteiger partial charge in [-0.3, -0.25) is 24.0 Å². The lowest BCUT2D eigenvalue weighted by atomic mass is 10.0. The van der Waals surface area contributed by atoms with Crippen molar-refractivity contribution in [2.45, 2.75) is 52.3 Å². The molecule has 8 amide bonds. The minimum atomic E-state index is -1.05. The van der Waals surface area contributed by atoms with Crippen molar-refractivity contribution in [2.24, 2.45) is 17.4 Å². The molecule has 9 N–H and O–H groups in total. The number of urea groups is 1. The first-order valence-electron chi connectivity index (χ1n) is 14.7. The van der Waals surface area contributed by atoms with Crippen molar-refractivity contribution in [1.82, 2.24) is 31.1 Å². The van der Waals surface area contributed by atoms with Crippen LogP contribution < -0.4 is 38.1 Å². The highest BCUT2D eigenvalue weighted by atomic mass is 16.6. The number of benzene rings is 1. The van der Waals surface area contributed by atoms with E-state index in [1.54, 1.807) is 52.2 Å². The molecule has 1 aromatic carbocycles. The van der Waals surface area contributed by atoms with Crippen LogP contribution in [-0.4, -0.2) is 110 Å². The first-order chi connectivity index (χ1) is 21.6. The van der Waals surface area contributed by atoms with Crippen LogP contribution in [0.1, 0.15) is 39.2 Å². The number of anilines is 1. The number of hydrogen-bond acceptors (Lipinski definition) is 9. The van der Waals surface area contributed by atoms with Gasteiger partial charge in [0.15, 0.2) is 0 Å². The number of nitrogens with zero attached hydrogens (tertiary/aromatic N) is 2. The highest BCUT2D eigenvalue weighted by Gasteiger charge is 2.29. The number of nitrogens with two attached hydrogens (primary N) is 2. The van der Waals surface area contributed by atoms with Crippen LogP contribution in [-0.2, 0) is 35.3 Å². The molecule has 0 aliphatic rings. The van der Waals surface area contributed by atoms with E-state index in [4.69, 9.17) is 16.2 Å². The number of primary amides is 1. The molecule has 256 valence electrons. The van der Waals surface area contributed by atoms with Crippen molar-refractivity contribution in [3.05, 3.63) is 29.8 Å². The Kier molecular flexibility index (Phi) is 17.1. The number of nitrogens with one attached hydrogen (secondary N) is 5. The summed E-state index contributed by atoms with van der Waals surface area (Å²) in [6.07, 6.45) is -0.128. The van der Waals surface area contributed by atoms with Crippen LogP contribution in [0.5, 0.6) is 0 Å². The molecule has 0 radical (unpaired) electrons. The van der Waals surface area contributed by atoms with Gasteiger partial charge in [-0.25, -0.2) is 9.59 Å². The summed E-state index contributed by atoms with van der Waals surface area (Å²) in [5.41, 5.74) is 11.4. The van der Waals surface area contributed by atoms with Crippen molar-refractivity contribution in [3.63, 3.8) is 0 Å². The molecule has 0 fully saturated rings. The van der Waals surface area contributed by atoms with Gasteiger partial charge in [-0.1, -0.05) is 26.0 Å². The third-order valence-corrected chi connectivity index (χ3v) is 6.70. The predicted octanol–water partition coefficient (Wildman–Crippen LogP) is -1.18. The van der Waals surface area contributed by atoms with E-state index in [9.17, 15) is 33.6 Å². The molecule has 2 atom stereocenters. The van der Waals surface area contributed by atoms with E-state index < -0.39 is 47.8 Å². The number of likely N-dealkylation sites (N-methyl/N-ethyl adjacent to an activating group) is 2. The summed E-state index contributed by atoms with van der Waals surface area (Å²) >= 11 is 0. The van der Waals surface area contributed by atoms with Gasteiger partial charge < -0.3 is 52.6 Å². The predicted molar refractivity (Wildman–Crippen MR) is 169 cm³/mol. The van der Waals surface area contributed by atoms with Crippen molar-refractivity contribution in [2.75, 3.05) is 52.1 Å². The van der Waals surface area contributed by atoms with E-state index in [2.05, 4.69) is 26.6 Å². The molecule has 0 heterocycles. The first-order valence-corrected chi connectivity index (χ1v) is 14.7. The lowest BCUT2D eigenvalue weighted by Crippen LogP contribution is -2.55. The Hall–Kier alpha value is -4.93. The van der Waals surface area contributed by atoms with E-state index in [1.807, 2.05) is 0 Å². The maximum Gasteiger partial charge on any atom is 0.409 e. The SMILES string of the molecule is CC(=O)N(C)CCN(C)C(=O)OCc1ccc(NC(=O)[C@H](CCCNC(N)=O)NC(=O)[C@@H](NC(=O)CNC(=O)CN)C(C)C)cc1. The van der Waals surface area contributed by atoms with Crippen LogP contribution in [0.4, 0.5) is 15.3 Å². The van der Waals surface area contributed by atoms with E-state index in [0.717, 1.165) is 0 Å². The Morgan fingerprint density at radius 1 is 0.870 bits per heavy atom. The van der Waals surface area contributed by atoms with Gasteiger partial charge in [0, 0.05) is 46.3 Å². The van der Waals surface area contributed by atoms with Crippen molar-refractivity contribution < 1.29 is 38.3 Å². The topological polar surface area (TPSA) is 247 Å². The summed E-state index contributed by atoms with van der Waals surface area (Å²) in [4.78, 5) is 87.6. The third kappa shape index (κ3) is 15.2. The van der Waals surface area contributed by atoms with Gasteiger partial charge >= 0.3 is 12.1 Å².